The first-order chi connectivity index (χ1) is 44.3. The number of furan rings is 1. The van der Waals surface area contributed by atoms with Crippen LogP contribution >= 0.6 is 0 Å². The van der Waals surface area contributed by atoms with Crippen molar-refractivity contribution in [2.45, 2.75) is 95.3 Å². The van der Waals surface area contributed by atoms with E-state index in [0.29, 0.717) is 44.0 Å². The van der Waals surface area contributed by atoms with E-state index in [1.807, 2.05) is 0 Å². The van der Waals surface area contributed by atoms with E-state index in [4.69, 9.17) is 19.5 Å². The Bertz CT molecular complexity index is 5170. The van der Waals surface area contributed by atoms with Crippen molar-refractivity contribution >= 4 is 49.8 Å². The van der Waals surface area contributed by atoms with Crippen LogP contribution in [-0.2, 0) is 5.41 Å². The number of rotatable bonds is 6. The van der Waals surface area contributed by atoms with Crippen LogP contribution in [0.4, 0.5) is 17.1 Å². The Hall–Kier alpha value is -7.16. The van der Waals surface area contributed by atoms with Crippen LogP contribution in [0.3, 0.4) is 0 Å². The van der Waals surface area contributed by atoms with Gasteiger partial charge in [0, 0.05) is 46.7 Å². The maximum Gasteiger partial charge on any atom is 0.143 e. The molecule has 9 aromatic carbocycles. The number of anilines is 3. The zero-order chi connectivity index (χ0) is 71.8. The second kappa shape index (κ2) is 15.7. The van der Waals surface area contributed by atoms with E-state index in [1.54, 1.807) is 55.4 Å². The molecule has 0 spiro atoms. The molecule has 1 aliphatic carbocycles. The molecular formula is C66H61NO. The lowest BCUT2D eigenvalue weighted by Crippen LogP contribution is -2.19. The summed E-state index contributed by atoms with van der Waals surface area (Å²) >= 11 is 0. The van der Waals surface area contributed by atoms with Gasteiger partial charge in [0.2, 0.25) is 0 Å². The highest BCUT2D eigenvalue weighted by Crippen LogP contribution is 2.56. The van der Waals surface area contributed by atoms with Gasteiger partial charge in [-0.1, -0.05) is 134 Å². The highest BCUT2D eigenvalue weighted by Gasteiger charge is 2.38. The minimum absolute atomic E-state index is 0.00320. The molecule has 336 valence electrons. The van der Waals surface area contributed by atoms with Crippen LogP contribution in [0.2, 0.25) is 0 Å². The topological polar surface area (TPSA) is 16.4 Å². The summed E-state index contributed by atoms with van der Waals surface area (Å²) in [6.45, 7) is 9.94. The fraction of sp³-hybridized carbons (Fsp3) is 0.212. The standard InChI is InChI=1S/C66H61NO/c1-36-20-19-23-49(34-36)47-27-29-50(30-28-47)67(57-35-56-59(42(7)41(57)6)53-24-17-18-25-55(53)66(56,12)13)63-44(9)43(8)61-62-45(10)58(52-33-32-51(39(4)40(52)5)48-21-15-14-16-22-48)54-31-26-37(2)38(3)60(54)65(62)68-64(61)46(63)11/h14-35H,1-13H3/i12D3,13D3,14D,15D,16D,17D,18D,19D,20D,21D,22D,23D,24D,25D,26D,27D,28D,29D,30D,31D,32D,33D,34D,35D. The van der Waals surface area contributed by atoms with Gasteiger partial charge in [-0.05, 0) is 205 Å². The van der Waals surface area contributed by atoms with Gasteiger partial charge in [0.1, 0.15) is 11.2 Å². The summed E-state index contributed by atoms with van der Waals surface area (Å²) in [5, 5.41) is 1.21. The molecule has 0 aliphatic heterocycles. The van der Waals surface area contributed by atoms with Gasteiger partial charge in [-0.25, -0.2) is 0 Å². The lowest BCUT2D eigenvalue weighted by molar-refractivity contribution is 0.660. The number of benzene rings is 9. The van der Waals surface area contributed by atoms with Crippen molar-refractivity contribution in [2.75, 3.05) is 4.90 Å². The summed E-state index contributed by atoms with van der Waals surface area (Å²) in [6.07, 6.45) is 0. The molecule has 0 fully saturated rings. The van der Waals surface area contributed by atoms with E-state index in [2.05, 4.69) is 0 Å². The highest BCUT2D eigenvalue weighted by molar-refractivity contribution is 6.24. The second-order valence-corrected chi connectivity index (χ2v) is 17.8. The van der Waals surface area contributed by atoms with Crippen molar-refractivity contribution in [3.8, 4) is 44.5 Å². The van der Waals surface area contributed by atoms with E-state index in [-0.39, 0.29) is 95.5 Å². The van der Waals surface area contributed by atoms with E-state index in [1.165, 1.54) is 20.8 Å². The maximum atomic E-state index is 10.6. The van der Waals surface area contributed by atoms with Crippen LogP contribution in [0.5, 0.6) is 0 Å². The lowest BCUT2D eigenvalue weighted by Gasteiger charge is -2.33. The van der Waals surface area contributed by atoms with Crippen LogP contribution < -0.4 is 4.90 Å². The van der Waals surface area contributed by atoms with E-state index in [0.717, 1.165) is 4.90 Å². The first kappa shape index (κ1) is 22.3. The van der Waals surface area contributed by atoms with Gasteiger partial charge >= 0.3 is 0 Å². The fourth-order valence-corrected chi connectivity index (χ4v) is 10.0. The molecule has 1 heterocycles. The van der Waals surface area contributed by atoms with Gasteiger partial charge in [-0.3, -0.25) is 0 Å². The van der Waals surface area contributed by atoms with Crippen molar-refractivity contribution in [3.05, 3.63) is 205 Å². The monoisotopic (exact) mass is 912 g/mol. The zero-order valence-electron chi connectivity index (χ0n) is 67.4. The normalized spacial score (nSPS) is 19.1. The molecule has 68 heavy (non-hydrogen) atoms. The Morgan fingerprint density at radius 1 is 0.441 bits per heavy atom. The molecule has 0 amide bonds. The minimum Gasteiger partial charge on any atom is -0.455 e. The quantitative estimate of drug-likeness (QED) is 0.165. The third-order valence-corrected chi connectivity index (χ3v) is 14.1. The SMILES string of the molecule is [2H]c1c([2H])c([2H])c(-c2c([2H])c([2H])c(-c3c(C)c4c(oc5c(C)c(N(c6c([2H])c([2H])c(-c7c([2H])c([2H])c([2H])c(C)c7[2H])c([2H])c6[2H])c6c([2H])c7c(c(C)c6C)-c6c([2H])c([2H])c([2H])c([2H])c6C7(C([2H])([2H])[2H])C([2H])([2H])[2H])c(C)c(C)c54)c4c(C)c(C)c([2H])c([2H])c34)c(C)c2C)c([2H])c1[2H]. The van der Waals surface area contributed by atoms with Gasteiger partial charge in [0.25, 0.3) is 0 Å². The molecule has 1 aliphatic rings. The van der Waals surface area contributed by atoms with Gasteiger partial charge in [0.05, 0.1) is 35.8 Å². The Labute approximate surface area is 442 Å². The molecular weight excluding hydrogens is 823 g/mol. The molecule has 1 aromatic heterocycles. The van der Waals surface area contributed by atoms with E-state index >= 15 is 0 Å². The van der Waals surface area contributed by atoms with Crippen LogP contribution in [0.25, 0.3) is 77.2 Å². The molecule has 0 saturated heterocycles. The molecule has 0 bridgehead atoms. The first-order valence-corrected chi connectivity index (χ1v) is 22.1. The number of fused-ring (bicyclic) bond motifs is 8. The average Bonchev–Trinajstić information content (AvgIpc) is 1.48. The molecule has 0 atom stereocenters. The van der Waals surface area contributed by atoms with E-state index in [9.17, 15) is 23.3 Å². The molecule has 0 radical (unpaired) electrons. The molecule has 2 nitrogen and oxygen atoms in total. The molecule has 11 rings (SSSR count). The number of hydrogen-bond donors (Lipinski definition) is 0. The summed E-state index contributed by atoms with van der Waals surface area (Å²) in [7, 11) is 0. The Morgan fingerprint density at radius 2 is 1.12 bits per heavy atom. The summed E-state index contributed by atoms with van der Waals surface area (Å²) in [6, 6.07) is -15.0. The summed E-state index contributed by atoms with van der Waals surface area (Å²) < 4.78 is 266. The van der Waals surface area contributed by atoms with E-state index < -0.39 is 179 Å². The molecule has 0 N–H and O–H groups in total. The average molecular weight is 912 g/mol. The second-order valence-electron chi connectivity index (χ2n) is 17.8. The summed E-state index contributed by atoms with van der Waals surface area (Å²) in [5.41, 5.74) is -5.40. The van der Waals surface area contributed by atoms with Crippen molar-refractivity contribution < 1.29 is 42.8 Å². The predicted octanol–water partition coefficient (Wildman–Crippen LogP) is 18.9. The smallest absolute Gasteiger partial charge is 0.143 e. The Morgan fingerprint density at radius 3 is 1.87 bits per heavy atom. The van der Waals surface area contributed by atoms with Gasteiger partial charge < -0.3 is 9.32 Å². The first-order valence-electron chi connectivity index (χ1n) is 36.1. The third-order valence-electron chi connectivity index (χ3n) is 14.1. The van der Waals surface area contributed by atoms with Crippen molar-refractivity contribution in [3.63, 3.8) is 0 Å². The van der Waals surface area contributed by atoms with Crippen LogP contribution in [-0.4, -0.2) is 0 Å². The molecule has 0 saturated carbocycles. The summed E-state index contributed by atoms with van der Waals surface area (Å²) in [4.78, 5) is 1.16. The largest absolute Gasteiger partial charge is 0.455 e. The van der Waals surface area contributed by atoms with Gasteiger partial charge in [-0.15, -0.1) is 0 Å². The number of hydrogen-bond acceptors (Lipinski definition) is 2. The van der Waals surface area contributed by atoms with Crippen LogP contribution in [0.1, 0.15) is 124 Å². The van der Waals surface area contributed by atoms with Crippen LogP contribution in [0, 0.1) is 76.2 Å². The number of nitrogens with zero attached hydrogens (tertiary/aromatic N) is 1. The number of aryl methyl sites for hydroxylation is 4. The van der Waals surface area contributed by atoms with Crippen LogP contribution in [0.15, 0.2) is 137 Å². The maximum absolute atomic E-state index is 10.6. The van der Waals surface area contributed by atoms with Crippen molar-refractivity contribution in [2.24, 2.45) is 0 Å². The fourth-order valence-electron chi connectivity index (χ4n) is 10.0. The molecule has 2 heteroatoms. The van der Waals surface area contributed by atoms with Gasteiger partial charge in [-0.2, -0.15) is 0 Å². The summed E-state index contributed by atoms with van der Waals surface area (Å²) in [5.74, 6) is 0. The third kappa shape index (κ3) is 6.22. The zero-order valence-corrected chi connectivity index (χ0v) is 39.4. The highest BCUT2D eigenvalue weighted by atomic mass is 16.3. The predicted molar refractivity (Wildman–Crippen MR) is 292 cm³/mol. The molecule has 0 unspecified atom stereocenters. The minimum atomic E-state index is -3.75. The molecule has 10 aromatic rings. The lowest BCUT2D eigenvalue weighted by atomic mass is 9.81. The van der Waals surface area contributed by atoms with Crippen molar-refractivity contribution in [1.29, 1.82) is 0 Å². The Balaban J connectivity index is 1.35. The Kier molecular flexibility index (Phi) is 5.15. The van der Waals surface area contributed by atoms with Crippen molar-refractivity contribution in [1.82, 2.24) is 0 Å². The van der Waals surface area contributed by atoms with Gasteiger partial charge in [0.15, 0.2) is 0 Å².